The van der Waals surface area contributed by atoms with Crippen LogP contribution in [0, 0.1) is 6.92 Å². The molecule has 0 saturated carbocycles. The Morgan fingerprint density at radius 3 is 2.96 bits per heavy atom. The molecular weight excluding hydrogens is 288 g/mol. The number of nitrogens with zero attached hydrogens (tertiary/aromatic N) is 6. The average molecular weight is 308 g/mol. The molecule has 4 heterocycles. The van der Waals surface area contributed by atoms with Crippen LogP contribution in [0.15, 0.2) is 30.7 Å². The van der Waals surface area contributed by atoms with E-state index >= 15 is 0 Å². The summed E-state index contributed by atoms with van der Waals surface area (Å²) >= 11 is 0. The molecule has 4 rings (SSSR count). The molecular formula is C17H20N6. The maximum atomic E-state index is 4.89. The minimum absolute atomic E-state index is 0.422. The smallest absolute Gasteiger partial charge is 0.158 e. The van der Waals surface area contributed by atoms with Gasteiger partial charge in [0.1, 0.15) is 5.82 Å². The molecule has 6 nitrogen and oxygen atoms in total. The number of anilines is 1. The maximum Gasteiger partial charge on any atom is 0.158 e. The Morgan fingerprint density at radius 1 is 1.22 bits per heavy atom. The van der Waals surface area contributed by atoms with E-state index in [-0.39, 0.29) is 0 Å². The second-order valence-electron chi connectivity index (χ2n) is 6.17. The summed E-state index contributed by atoms with van der Waals surface area (Å²) in [6.45, 7) is 4.00. The molecule has 1 aliphatic rings. The van der Waals surface area contributed by atoms with Gasteiger partial charge in [-0.2, -0.15) is 5.10 Å². The lowest BCUT2D eigenvalue weighted by Crippen LogP contribution is -2.35. The highest BCUT2D eigenvalue weighted by Crippen LogP contribution is 2.29. The number of piperidine rings is 1. The summed E-state index contributed by atoms with van der Waals surface area (Å²) in [5.41, 5.74) is 3.15. The van der Waals surface area contributed by atoms with E-state index in [4.69, 9.17) is 4.98 Å². The molecule has 1 atom stereocenters. The molecule has 1 aliphatic heterocycles. The average Bonchev–Trinajstić information content (AvgIpc) is 2.90. The molecule has 23 heavy (non-hydrogen) atoms. The van der Waals surface area contributed by atoms with Gasteiger partial charge in [-0.05, 0) is 31.9 Å². The van der Waals surface area contributed by atoms with Crippen molar-refractivity contribution in [1.82, 2.24) is 24.7 Å². The van der Waals surface area contributed by atoms with E-state index in [0.29, 0.717) is 5.92 Å². The minimum Gasteiger partial charge on any atom is -0.355 e. The first-order chi connectivity index (χ1) is 11.2. The summed E-state index contributed by atoms with van der Waals surface area (Å²) in [5.74, 6) is 1.38. The quantitative estimate of drug-likeness (QED) is 0.728. The fraction of sp³-hybridized carbons (Fsp3) is 0.412. The van der Waals surface area contributed by atoms with E-state index in [9.17, 15) is 0 Å². The number of pyridine rings is 1. The third-order valence-electron chi connectivity index (χ3n) is 4.61. The van der Waals surface area contributed by atoms with Crippen molar-refractivity contribution in [3.05, 3.63) is 42.1 Å². The number of aromatic nitrogens is 5. The topological polar surface area (TPSA) is 59.7 Å². The number of rotatable bonds is 2. The lowest BCUT2D eigenvalue weighted by molar-refractivity contribution is 0.498. The lowest BCUT2D eigenvalue weighted by Gasteiger charge is -2.33. The summed E-state index contributed by atoms with van der Waals surface area (Å²) in [5, 5.41) is 5.60. The van der Waals surface area contributed by atoms with Crippen LogP contribution in [0.1, 0.15) is 30.1 Å². The molecule has 3 aromatic rings. The molecule has 0 radical (unpaired) electrons. The van der Waals surface area contributed by atoms with Gasteiger partial charge in [0.15, 0.2) is 5.65 Å². The summed E-state index contributed by atoms with van der Waals surface area (Å²) in [7, 11) is 1.96. The second-order valence-corrected chi connectivity index (χ2v) is 6.17. The van der Waals surface area contributed by atoms with Crippen LogP contribution < -0.4 is 4.90 Å². The van der Waals surface area contributed by atoms with Crippen molar-refractivity contribution in [3.63, 3.8) is 0 Å². The maximum absolute atomic E-state index is 4.89. The Kier molecular flexibility index (Phi) is 3.44. The first-order valence-electron chi connectivity index (χ1n) is 8.03. The van der Waals surface area contributed by atoms with Crippen LogP contribution >= 0.6 is 0 Å². The molecule has 0 amide bonds. The zero-order valence-corrected chi connectivity index (χ0v) is 13.5. The van der Waals surface area contributed by atoms with Crippen molar-refractivity contribution in [1.29, 1.82) is 0 Å². The fourth-order valence-corrected chi connectivity index (χ4v) is 3.43. The van der Waals surface area contributed by atoms with Crippen molar-refractivity contribution in [2.45, 2.75) is 25.7 Å². The van der Waals surface area contributed by atoms with E-state index in [0.717, 1.165) is 54.2 Å². The van der Waals surface area contributed by atoms with Crippen molar-refractivity contribution in [2.24, 2.45) is 7.05 Å². The Balaban J connectivity index is 1.63. The molecule has 0 bridgehead atoms. The fourth-order valence-electron chi connectivity index (χ4n) is 3.43. The minimum atomic E-state index is 0.422. The zero-order valence-electron chi connectivity index (χ0n) is 13.5. The normalized spacial score (nSPS) is 18.5. The van der Waals surface area contributed by atoms with Crippen LogP contribution in [0.25, 0.3) is 11.0 Å². The van der Waals surface area contributed by atoms with E-state index in [2.05, 4.69) is 32.1 Å². The second kappa shape index (κ2) is 5.61. The van der Waals surface area contributed by atoms with Crippen molar-refractivity contribution in [3.8, 4) is 0 Å². The molecule has 0 aliphatic carbocycles. The predicted octanol–water partition coefficient (Wildman–Crippen LogP) is 2.45. The van der Waals surface area contributed by atoms with Gasteiger partial charge >= 0.3 is 0 Å². The first-order valence-corrected chi connectivity index (χ1v) is 8.03. The van der Waals surface area contributed by atoms with Crippen LogP contribution in [-0.4, -0.2) is 37.8 Å². The molecule has 3 aromatic heterocycles. The Bertz CT molecular complexity index is 826. The lowest BCUT2D eigenvalue weighted by atomic mass is 9.94. The highest BCUT2D eigenvalue weighted by atomic mass is 15.3. The number of aryl methyl sites for hydroxylation is 2. The van der Waals surface area contributed by atoms with Gasteiger partial charge in [0.25, 0.3) is 0 Å². The Hall–Kier alpha value is -2.50. The van der Waals surface area contributed by atoms with Gasteiger partial charge in [0.2, 0.25) is 0 Å². The predicted molar refractivity (Wildman–Crippen MR) is 89.5 cm³/mol. The van der Waals surface area contributed by atoms with Crippen LogP contribution in [-0.2, 0) is 7.05 Å². The van der Waals surface area contributed by atoms with Crippen molar-refractivity contribution >= 4 is 16.9 Å². The van der Waals surface area contributed by atoms with Crippen molar-refractivity contribution < 1.29 is 0 Å². The van der Waals surface area contributed by atoms with Crippen LogP contribution in [0.5, 0.6) is 0 Å². The summed E-state index contributed by atoms with van der Waals surface area (Å²) in [6, 6.07) is 4.31. The molecule has 6 heteroatoms. The van der Waals surface area contributed by atoms with Crippen molar-refractivity contribution in [2.75, 3.05) is 18.0 Å². The number of fused-ring (bicyclic) bond motifs is 1. The molecule has 0 unspecified atom stereocenters. The first kappa shape index (κ1) is 14.1. The third kappa shape index (κ3) is 2.54. The molecule has 118 valence electrons. The standard InChI is InChI=1S/C17H20N6/c1-12-14-5-6-15(20-17(14)22(2)21-12)13-4-3-9-23(11-13)16-10-18-7-8-19-16/h5-8,10,13H,3-4,9,11H2,1-2H3/t13-/m0/s1. The molecule has 0 N–H and O–H groups in total. The van der Waals surface area contributed by atoms with E-state index in [1.165, 1.54) is 0 Å². The Labute approximate surface area is 135 Å². The van der Waals surface area contributed by atoms with Gasteiger partial charge in [-0.1, -0.05) is 0 Å². The van der Waals surface area contributed by atoms with Gasteiger partial charge in [-0.25, -0.2) is 9.97 Å². The largest absolute Gasteiger partial charge is 0.355 e. The van der Waals surface area contributed by atoms with Crippen LogP contribution in [0.4, 0.5) is 5.82 Å². The molecule has 1 saturated heterocycles. The summed E-state index contributed by atoms with van der Waals surface area (Å²) < 4.78 is 1.87. The van der Waals surface area contributed by atoms with Gasteiger partial charge < -0.3 is 4.90 Å². The monoisotopic (exact) mass is 308 g/mol. The van der Waals surface area contributed by atoms with Crippen LogP contribution in [0.2, 0.25) is 0 Å². The van der Waals surface area contributed by atoms with E-state index in [1.807, 2.05) is 24.9 Å². The Morgan fingerprint density at radius 2 is 2.13 bits per heavy atom. The SMILES string of the molecule is Cc1nn(C)c2nc([C@H]3CCCN(c4cnccn4)C3)ccc12. The van der Waals surface area contributed by atoms with Gasteiger partial charge in [-0.15, -0.1) is 0 Å². The number of hydrogen-bond acceptors (Lipinski definition) is 5. The molecule has 1 fully saturated rings. The van der Waals surface area contributed by atoms with Gasteiger partial charge in [0.05, 0.1) is 11.9 Å². The number of hydrogen-bond donors (Lipinski definition) is 0. The molecule has 0 aromatic carbocycles. The third-order valence-corrected chi connectivity index (χ3v) is 4.61. The zero-order chi connectivity index (χ0) is 15.8. The highest BCUT2D eigenvalue weighted by Gasteiger charge is 2.24. The highest BCUT2D eigenvalue weighted by molar-refractivity contribution is 5.78. The van der Waals surface area contributed by atoms with Gasteiger partial charge in [-0.3, -0.25) is 9.67 Å². The summed E-state index contributed by atoms with van der Waals surface area (Å²) in [6.07, 6.45) is 7.60. The van der Waals surface area contributed by atoms with Gasteiger partial charge in [0, 0.05) is 49.5 Å². The molecule has 0 spiro atoms. The summed E-state index contributed by atoms with van der Waals surface area (Å²) in [4.78, 5) is 15.8. The van der Waals surface area contributed by atoms with E-state index in [1.54, 1.807) is 12.4 Å². The van der Waals surface area contributed by atoms with E-state index < -0.39 is 0 Å². The van der Waals surface area contributed by atoms with Crippen LogP contribution in [0.3, 0.4) is 0 Å².